The molecule has 0 amide bonds. The largest absolute Gasteiger partial charge is 0.466 e. The first-order valence-electron chi connectivity index (χ1n) is 7.48. The Morgan fingerprint density at radius 1 is 1.11 bits per heavy atom. The van der Waals surface area contributed by atoms with Crippen LogP contribution in [0.2, 0.25) is 0 Å². The minimum atomic E-state index is -0.104. The predicted molar refractivity (Wildman–Crippen MR) is 76.7 cm³/mol. The third-order valence-corrected chi connectivity index (χ3v) is 3.28. The minimum absolute atomic E-state index is 0.0884. The van der Waals surface area contributed by atoms with Gasteiger partial charge in [-0.2, -0.15) is 0 Å². The van der Waals surface area contributed by atoms with Crippen LogP contribution in [0.1, 0.15) is 72.6 Å². The van der Waals surface area contributed by atoms with Crippen LogP contribution < -0.4 is 5.32 Å². The molecule has 3 nitrogen and oxygen atoms in total. The SMILES string of the molecule is CCCCCCCC(C)(CC(=O)OCC)NCC. The highest BCUT2D eigenvalue weighted by Crippen LogP contribution is 2.20. The fraction of sp³-hybridized carbons (Fsp3) is 0.933. The molecule has 0 rings (SSSR count). The number of nitrogens with one attached hydrogen (secondary N) is 1. The maximum absolute atomic E-state index is 11.6. The molecule has 0 saturated carbocycles. The monoisotopic (exact) mass is 257 g/mol. The Kier molecular flexibility index (Phi) is 10.0. The lowest BCUT2D eigenvalue weighted by Crippen LogP contribution is -2.44. The first kappa shape index (κ1) is 17.4. The van der Waals surface area contributed by atoms with Crippen molar-refractivity contribution < 1.29 is 9.53 Å². The van der Waals surface area contributed by atoms with Crippen LogP contribution in [0.3, 0.4) is 0 Å². The summed E-state index contributed by atoms with van der Waals surface area (Å²) < 4.78 is 5.05. The minimum Gasteiger partial charge on any atom is -0.466 e. The number of esters is 1. The van der Waals surface area contributed by atoms with Crippen LogP contribution in [0, 0.1) is 0 Å². The van der Waals surface area contributed by atoms with Gasteiger partial charge in [0.15, 0.2) is 0 Å². The molecule has 18 heavy (non-hydrogen) atoms. The molecule has 1 unspecified atom stereocenters. The molecule has 0 aliphatic heterocycles. The number of unbranched alkanes of at least 4 members (excludes halogenated alkanes) is 4. The van der Waals surface area contributed by atoms with Crippen molar-refractivity contribution in [3.8, 4) is 0 Å². The first-order chi connectivity index (χ1) is 8.58. The summed E-state index contributed by atoms with van der Waals surface area (Å²) in [6.07, 6.45) is 7.85. The molecule has 0 bridgehead atoms. The third kappa shape index (κ3) is 8.51. The van der Waals surface area contributed by atoms with Gasteiger partial charge in [-0.3, -0.25) is 4.79 Å². The summed E-state index contributed by atoms with van der Waals surface area (Å²) in [6, 6.07) is 0. The van der Waals surface area contributed by atoms with Crippen LogP contribution in [0.15, 0.2) is 0 Å². The van der Waals surface area contributed by atoms with E-state index >= 15 is 0 Å². The third-order valence-electron chi connectivity index (χ3n) is 3.28. The zero-order valence-electron chi connectivity index (χ0n) is 12.7. The van der Waals surface area contributed by atoms with Crippen LogP contribution in [-0.4, -0.2) is 24.7 Å². The van der Waals surface area contributed by atoms with E-state index in [1.807, 2.05) is 6.92 Å². The van der Waals surface area contributed by atoms with E-state index < -0.39 is 0 Å². The van der Waals surface area contributed by atoms with E-state index in [4.69, 9.17) is 4.74 Å². The Hall–Kier alpha value is -0.570. The maximum atomic E-state index is 11.6. The summed E-state index contributed by atoms with van der Waals surface area (Å²) in [5.74, 6) is -0.0884. The average molecular weight is 257 g/mol. The molecule has 1 N–H and O–H groups in total. The fourth-order valence-corrected chi connectivity index (χ4v) is 2.32. The molecule has 0 saturated heterocycles. The molecule has 3 heteroatoms. The highest BCUT2D eigenvalue weighted by molar-refractivity contribution is 5.70. The van der Waals surface area contributed by atoms with Crippen LogP contribution in [0.25, 0.3) is 0 Å². The Morgan fingerprint density at radius 2 is 1.78 bits per heavy atom. The molecule has 0 aliphatic rings. The highest BCUT2D eigenvalue weighted by Gasteiger charge is 2.26. The lowest BCUT2D eigenvalue weighted by atomic mass is 9.90. The zero-order valence-corrected chi connectivity index (χ0v) is 12.7. The number of carbonyl (C=O) groups excluding carboxylic acids is 1. The quantitative estimate of drug-likeness (QED) is 0.453. The van der Waals surface area contributed by atoms with Crippen molar-refractivity contribution in [2.45, 2.75) is 78.2 Å². The summed E-state index contributed by atoms with van der Waals surface area (Å²) in [5.41, 5.74) is -0.104. The van der Waals surface area contributed by atoms with Gasteiger partial charge in [0.05, 0.1) is 13.0 Å². The molecule has 0 aromatic carbocycles. The summed E-state index contributed by atoms with van der Waals surface area (Å²) in [4.78, 5) is 11.6. The van der Waals surface area contributed by atoms with Gasteiger partial charge in [0.25, 0.3) is 0 Å². The van der Waals surface area contributed by atoms with Crippen molar-refractivity contribution >= 4 is 5.97 Å². The Balaban J connectivity index is 4.03. The first-order valence-corrected chi connectivity index (χ1v) is 7.48. The lowest BCUT2D eigenvalue weighted by molar-refractivity contribution is -0.144. The summed E-state index contributed by atoms with van der Waals surface area (Å²) in [5, 5.41) is 3.44. The van der Waals surface area contributed by atoms with Crippen molar-refractivity contribution in [3.63, 3.8) is 0 Å². The van der Waals surface area contributed by atoms with Crippen LogP contribution >= 0.6 is 0 Å². The number of hydrogen-bond donors (Lipinski definition) is 1. The average Bonchev–Trinajstić information content (AvgIpc) is 2.29. The van der Waals surface area contributed by atoms with Crippen LogP contribution in [0.4, 0.5) is 0 Å². The second-order valence-electron chi connectivity index (χ2n) is 5.24. The van der Waals surface area contributed by atoms with Crippen molar-refractivity contribution in [1.29, 1.82) is 0 Å². The molecule has 0 aliphatic carbocycles. The smallest absolute Gasteiger partial charge is 0.307 e. The highest BCUT2D eigenvalue weighted by atomic mass is 16.5. The number of carbonyl (C=O) groups is 1. The van der Waals surface area contributed by atoms with Gasteiger partial charge < -0.3 is 10.1 Å². The van der Waals surface area contributed by atoms with Gasteiger partial charge in [-0.25, -0.2) is 0 Å². The van der Waals surface area contributed by atoms with Gasteiger partial charge in [0.1, 0.15) is 0 Å². The summed E-state index contributed by atoms with van der Waals surface area (Å²) in [6.45, 7) is 9.66. The van der Waals surface area contributed by atoms with Crippen molar-refractivity contribution in [3.05, 3.63) is 0 Å². The van der Waals surface area contributed by atoms with Crippen molar-refractivity contribution in [2.75, 3.05) is 13.2 Å². The maximum Gasteiger partial charge on any atom is 0.307 e. The molecular formula is C15H31NO2. The van der Waals surface area contributed by atoms with E-state index in [9.17, 15) is 4.79 Å². The molecule has 108 valence electrons. The second-order valence-corrected chi connectivity index (χ2v) is 5.24. The number of hydrogen-bond acceptors (Lipinski definition) is 3. The van der Waals surface area contributed by atoms with E-state index in [1.165, 1.54) is 32.1 Å². The molecular weight excluding hydrogens is 226 g/mol. The molecule has 1 atom stereocenters. The van der Waals surface area contributed by atoms with Gasteiger partial charge >= 0.3 is 5.97 Å². The molecule has 0 heterocycles. The van der Waals surface area contributed by atoms with Gasteiger partial charge in [-0.15, -0.1) is 0 Å². The van der Waals surface area contributed by atoms with E-state index in [0.717, 1.165) is 13.0 Å². The van der Waals surface area contributed by atoms with Crippen molar-refractivity contribution in [1.82, 2.24) is 5.32 Å². The summed E-state index contributed by atoms with van der Waals surface area (Å²) >= 11 is 0. The van der Waals surface area contributed by atoms with Crippen molar-refractivity contribution in [2.24, 2.45) is 0 Å². The normalized spacial score (nSPS) is 14.2. The molecule has 0 fully saturated rings. The van der Waals surface area contributed by atoms with E-state index in [0.29, 0.717) is 13.0 Å². The zero-order chi connectivity index (χ0) is 13.9. The fourth-order valence-electron chi connectivity index (χ4n) is 2.32. The van der Waals surface area contributed by atoms with Crippen LogP contribution in [0.5, 0.6) is 0 Å². The van der Waals surface area contributed by atoms with Crippen LogP contribution in [-0.2, 0) is 9.53 Å². The molecule has 0 spiro atoms. The Labute approximate surface area is 113 Å². The predicted octanol–water partition coefficient (Wildman–Crippen LogP) is 3.67. The Bertz CT molecular complexity index is 219. The van der Waals surface area contributed by atoms with E-state index in [2.05, 4.69) is 26.1 Å². The standard InChI is InChI=1S/C15H31NO2/c1-5-8-9-10-11-12-15(4,16-6-2)13-14(17)18-7-3/h16H,5-13H2,1-4H3. The van der Waals surface area contributed by atoms with E-state index in [-0.39, 0.29) is 11.5 Å². The topological polar surface area (TPSA) is 38.3 Å². The van der Waals surface area contributed by atoms with Gasteiger partial charge in [-0.1, -0.05) is 46.0 Å². The van der Waals surface area contributed by atoms with Gasteiger partial charge in [-0.05, 0) is 26.8 Å². The number of rotatable bonds is 11. The molecule has 0 radical (unpaired) electrons. The lowest BCUT2D eigenvalue weighted by Gasteiger charge is -2.29. The van der Waals surface area contributed by atoms with Gasteiger partial charge in [0, 0.05) is 5.54 Å². The summed E-state index contributed by atoms with van der Waals surface area (Å²) in [7, 11) is 0. The molecule has 0 aromatic rings. The Morgan fingerprint density at radius 3 is 2.33 bits per heavy atom. The molecule has 0 aromatic heterocycles. The second kappa shape index (κ2) is 10.4. The van der Waals surface area contributed by atoms with Gasteiger partial charge in [0.2, 0.25) is 0 Å². The van der Waals surface area contributed by atoms with E-state index in [1.54, 1.807) is 0 Å². The number of ether oxygens (including phenoxy) is 1.